The second-order valence-corrected chi connectivity index (χ2v) is 5.97. The van der Waals surface area contributed by atoms with Gasteiger partial charge in [0.25, 0.3) is 5.91 Å². The summed E-state index contributed by atoms with van der Waals surface area (Å²) in [6.45, 7) is 10.3. The molecule has 1 aromatic heterocycles. The minimum absolute atomic E-state index is 0.0395. The molecule has 0 saturated carbocycles. The van der Waals surface area contributed by atoms with Crippen molar-refractivity contribution in [2.75, 3.05) is 6.54 Å². The van der Waals surface area contributed by atoms with E-state index in [1.807, 2.05) is 26.2 Å². The van der Waals surface area contributed by atoms with E-state index in [0.717, 1.165) is 9.77 Å². The molecular weight excluding hydrogens is 238 g/mol. The van der Waals surface area contributed by atoms with E-state index in [4.69, 9.17) is 0 Å². The van der Waals surface area contributed by atoms with Crippen molar-refractivity contribution in [1.29, 1.82) is 0 Å². The number of amides is 1. The van der Waals surface area contributed by atoms with E-state index in [1.165, 1.54) is 11.3 Å². The zero-order chi connectivity index (χ0) is 12.3. The lowest BCUT2D eigenvalue weighted by Crippen LogP contribution is -2.45. The summed E-state index contributed by atoms with van der Waals surface area (Å²) in [4.78, 5) is 15.6. The van der Waals surface area contributed by atoms with Gasteiger partial charge in [-0.1, -0.05) is 6.08 Å². The van der Waals surface area contributed by atoms with Crippen molar-refractivity contribution in [3.63, 3.8) is 0 Å². The van der Waals surface area contributed by atoms with Crippen LogP contribution in [0, 0.1) is 0 Å². The number of hydrogen-bond acceptors (Lipinski definition) is 3. The molecule has 0 aromatic carbocycles. The van der Waals surface area contributed by atoms with E-state index in [-0.39, 0.29) is 11.4 Å². The number of hydrogen-bond donors (Lipinski definition) is 1. The molecule has 0 radical (unpaired) electrons. The molecule has 0 N–H and O–H groups in total. The zero-order valence-electron chi connectivity index (χ0n) is 9.86. The third kappa shape index (κ3) is 3.12. The van der Waals surface area contributed by atoms with Gasteiger partial charge in [-0.15, -0.1) is 30.5 Å². The highest BCUT2D eigenvalue weighted by Gasteiger charge is 2.26. The van der Waals surface area contributed by atoms with Crippen molar-refractivity contribution in [3.05, 3.63) is 29.0 Å². The fraction of sp³-hybridized carbons (Fsp3) is 0.417. The lowest BCUT2D eigenvalue weighted by atomic mass is 10.1. The zero-order valence-corrected chi connectivity index (χ0v) is 11.6. The van der Waals surface area contributed by atoms with Gasteiger partial charge in [-0.05, 0) is 26.8 Å². The number of thiol groups is 1. The Kier molecular flexibility index (Phi) is 4.21. The van der Waals surface area contributed by atoms with Crippen LogP contribution in [0.15, 0.2) is 29.0 Å². The number of carbonyl (C=O) groups excluding carboxylic acids is 1. The van der Waals surface area contributed by atoms with Gasteiger partial charge in [-0.3, -0.25) is 4.79 Å². The first-order valence-electron chi connectivity index (χ1n) is 5.06. The van der Waals surface area contributed by atoms with Crippen LogP contribution >= 0.6 is 24.0 Å². The van der Waals surface area contributed by atoms with Crippen LogP contribution < -0.4 is 0 Å². The second-order valence-electron chi connectivity index (χ2n) is 4.54. The van der Waals surface area contributed by atoms with Crippen LogP contribution in [0.3, 0.4) is 0 Å². The van der Waals surface area contributed by atoms with Gasteiger partial charge in [0.05, 0.1) is 4.88 Å². The number of thiophene rings is 1. The second kappa shape index (κ2) is 5.06. The number of carbonyl (C=O) groups is 1. The van der Waals surface area contributed by atoms with E-state index in [2.05, 4.69) is 19.2 Å². The fourth-order valence-corrected chi connectivity index (χ4v) is 2.46. The predicted molar refractivity (Wildman–Crippen MR) is 72.6 cm³/mol. The quantitative estimate of drug-likeness (QED) is 0.648. The van der Waals surface area contributed by atoms with Crippen molar-refractivity contribution in [2.24, 2.45) is 0 Å². The monoisotopic (exact) mass is 255 g/mol. The Bertz CT molecular complexity index is 390. The van der Waals surface area contributed by atoms with Crippen molar-refractivity contribution >= 4 is 29.9 Å². The third-order valence-corrected chi connectivity index (χ3v) is 3.51. The summed E-state index contributed by atoms with van der Waals surface area (Å²) in [6, 6.07) is 1.80. The SMILES string of the molecule is C=CCN(C(=O)c1cc(S)cs1)C(C)(C)C. The molecule has 1 aromatic rings. The van der Waals surface area contributed by atoms with Crippen LogP contribution in [0.4, 0.5) is 0 Å². The molecule has 1 rings (SSSR count). The van der Waals surface area contributed by atoms with Crippen LogP contribution in [0.25, 0.3) is 0 Å². The first kappa shape index (κ1) is 13.3. The average molecular weight is 255 g/mol. The van der Waals surface area contributed by atoms with Crippen LogP contribution in [0.2, 0.25) is 0 Å². The van der Waals surface area contributed by atoms with Crippen LogP contribution in [0.1, 0.15) is 30.4 Å². The molecule has 0 spiro atoms. The summed E-state index contributed by atoms with van der Waals surface area (Å²) >= 11 is 5.64. The summed E-state index contributed by atoms with van der Waals surface area (Å²) in [5, 5.41) is 1.87. The summed E-state index contributed by atoms with van der Waals surface area (Å²) in [5.41, 5.74) is -0.202. The predicted octanol–water partition coefficient (Wildman–Crippen LogP) is 3.46. The van der Waals surface area contributed by atoms with Crippen LogP contribution in [-0.2, 0) is 0 Å². The summed E-state index contributed by atoms with van der Waals surface area (Å²) in [6.07, 6.45) is 1.75. The highest BCUT2D eigenvalue weighted by atomic mass is 32.1. The molecule has 16 heavy (non-hydrogen) atoms. The maximum Gasteiger partial charge on any atom is 0.264 e. The first-order valence-corrected chi connectivity index (χ1v) is 6.39. The Morgan fingerprint density at radius 1 is 1.62 bits per heavy atom. The van der Waals surface area contributed by atoms with Crippen LogP contribution in [0.5, 0.6) is 0 Å². The molecule has 0 saturated heterocycles. The first-order chi connectivity index (χ1) is 7.36. The fourth-order valence-electron chi connectivity index (χ4n) is 1.36. The molecule has 0 aliphatic carbocycles. The maximum atomic E-state index is 12.2. The normalized spacial score (nSPS) is 11.2. The molecule has 0 aliphatic rings. The smallest absolute Gasteiger partial charge is 0.264 e. The van der Waals surface area contributed by atoms with E-state index >= 15 is 0 Å². The Hall–Kier alpha value is -0.740. The third-order valence-electron chi connectivity index (χ3n) is 2.16. The van der Waals surface area contributed by atoms with Gasteiger partial charge in [-0.2, -0.15) is 0 Å². The molecule has 0 fully saturated rings. The highest BCUT2D eigenvalue weighted by Crippen LogP contribution is 2.23. The van der Waals surface area contributed by atoms with E-state index < -0.39 is 0 Å². The lowest BCUT2D eigenvalue weighted by Gasteiger charge is -2.34. The van der Waals surface area contributed by atoms with E-state index in [1.54, 1.807) is 17.0 Å². The Morgan fingerprint density at radius 2 is 2.25 bits per heavy atom. The Labute approximate surface area is 106 Å². The Morgan fingerprint density at radius 3 is 2.62 bits per heavy atom. The van der Waals surface area contributed by atoms with Gasteiger partial charge in [0, 0.05) is 22.4 Å². The lowest BCUT2D eigenvalue weighted by molar-refractivity contribution is 0.0621. The van der Waals surface area contributed by atoms with Gasteiger partial charge in [0.2, 0.25) is 0 Å². The molecule has 0 aliphatic heterocycles. The van der Waals surface area contributed by atoms with E-state index in [0.29, 0.717) is 6.54 Å². The standard InChI is InChI=1S/C12H17NOS2/c1-5-6-13(12(2,3)4)11(14)10-7-9(15)8-16-10/h5,7-8,15H,1,6H2,2-4H3. The van der Waals surface area contributed by atoms with Crippen molar-refractivity contribution in [3.8, 4) is 0 Å². The summed E-state index contributed by atoms with van der Waals surface area (Å²) in [5.74, 6) is 0.0395. The molecule has 1 heterocycles. The molecule has 0 bridgehead atoms. The molecule has 1 amide bonds. The van der Waals surface area contributed by atoms with Crippen molar-refractivity contribution in [2.45, 2.75) is 31.2 Å². The minimum atomic E-state index is -0.202. The van der Waals surface area contributed by atoms with Crippen molar-refractivity contribution in [1.82, 2.24) is 4.90 Å². The summed E-state index contributed by atoms with van der Waals surface area (Å²) < 4.78 is 0. The average Bonchev–Trinajstić information content (AvgIpc) is 2.58. The molecule has 0 unspecified atom stereocenters. The molecule has 2 nitrogen and oxygen atoms in total. The maximum absolute atomic E-state index is 12.2. The van der Waals surface area contributed by atoms with Gasteiger partial charge in [0.1, 0.15) is 0 Å². The largest absolute Gasteiger partial charge is 0.329 e. The van der Waals surface area contributed by atoms with Crippen LogP contribution in [-0.4, -0.2) is 22.9 Å². The topological polar surface area (TPSA) is 20.3 Å². The highest BCUT2D eigenvalue weighted by molar-refractivity contribution is 7.80. The van der Waals surface area contributed by atoms with Gasteiger partial charge < -0.3 is 4.90 Å². The van der Waals surface area contributed by atoms with Crippen molar-refractivity contribution < 1.29 is 4.79 Å². The van der Waals surface area contributed by atoms with Gasteiger partial charge in [-0.25, -0.2) is 0 Å². The minimum Gasteiger partial charge on any atom is -0.329 e. The number of rotatable bonds is 3. The number of nitrogens with zero attached hydrogens (tertiary/aromatic N) is 1. The molecular formula is C12H17NOS2. The molecule has 88 valence electrons. The van der Waals surface area contributed by atoms with Gasteiger partial charge in [0.15, 0.2) is 0 Å². The summed E-state index contributed by atoms with van der Waals surface area (Å²) in [7, 11) is 0. The van der Waals surface area contributed by atoms with E-state index in [9.17, 15) is 4.79 Å². The Balaban J connectivity index is 2.96. The molecule has 4 heteroatoms. The van der Waals surface area contributed by atoms with Gasteiger partial charge >= 0.3 is 0 Å². The molecule has 0 atom stereocenters.